The number of hydrogen-bond acceptors (Lipinski definition) is 3. The van der Waals surface area contributed by atoms with Gasteiger partial charge in [0, 0.05) is 5.82 Å². The zero-order valence-electron chi connectivity index (χ0n) is 11.5. The Morgan fingerprint density at radius 2 is 1.53 bits per heavy atom. The summed E-state index contributed by atoms with van der Waals surface area (Å²) in [6.07, 6.45) is 3.88. The van der Waals surface area contributed by atoms with E-state index < -0.39 is 0 Å². The van der Waals surface area contributed by atoms with E-state index in [0.717, 1.165) is 13.1 Å². The van der Waals surface area contributed by atoms with Crippen LogP contribution in [0.4, 0.5) is 0 Å². The minimum absolute atomic E-state index is 0.0260. The molecule has 3 fully saturated rings. The van der Waals surface area contributed by atoms with E-state index in [1.165, 1.54) is 19.3 Å². The maximum atomic E-state index is 6.17. The fraction of sp³-hybridized carbons (Fsp3) is 1.00. The predicted molar refractivity (Wildman–Crippen MR) is 69.0 cm³/mol. The second-order valence-electron chi connectivity index (χ2n) is 7.05. The molecule has 0 aromatic heterocycles. The highest BCUT2D eigenvalue weighted by molar-refractivity contribution is 6.49. The summed E-state index contributed by atoms with van der Waals surface area (Å²) in [5.41, 5.74) is 0.190. The van der Waals surface area contributed by atoms with Gasteiger partial charge >= 0.3 is 7.12 Å². The average Bonchev–Trinajstić information content (AvgIpc) is 2.85. The molecule has 3 nitrogen and oxygen atoms in total. The summed E-state index contributed by atoms with van der Waals surface area (Å²) in [6, 6.07) is 0. The van der Waals surface area contributed by atoms with Crippen LogP contribution in [0.15, 0.2) is 0 Å². The summed E-state index contributed by atoms with van der Waals surface area (Å²) in [5, 5.41) is 3.44. The second kappa shape index (κ2) is 3.49. The molecule has 0 aromatic rings. The van der Waals surface area contributed by atoms with Crippen LogP contribution in [-0.2, 0) is 9.31 Å². The molecule has 0 radical (unpaired) electrons. The number of nitrogens with one attached hydrogen (secondary N) is 1. The van der Waals surface area contributed by atoms with E-state index in [1.807, 2.05) is 0 Å². The molecule has 1 saturated carbocycles. The van der Waals surface area contributed by atoms with Crippen molar-refractivity contribution >= 4 is 7.12 Å². The molecule has 0 bridgehead atoms. The zero-order chi connectivity index (χ0) is 12.3. The summed E-state index contributed by atoms with van der Waals surface area (Å²) < 4.78 is 12.3. The van der Waals surface area contributed by atoms with Crippen molar-refractivity contribution in [2.75, 3.05) is 13.1 Å². The summed E-state index contributed by atoms with van der Waals surface area (Å²) >= 11 is 0. The van der Waals surface area contributed by atoms with Crippen LogP contribution >= 0.6 is 0 Å². The summed E-state index contributed by atoms with van der Waals surface area (Å²) in [4.78, 5) is 0. The van der Waals surface area contributed by atoms with Crippen LogP contribution in [0, 0.1) is 5.41 Å². The van der Waals surface area contributed by atoms with Gasteiger partial charge in [-0.05, 0) is 65.5 Å². The third-order valence-corrected chi connectivity index (χ3v) is 5.45. The molecular formula is C13H24BNO2. The first-order chi connectivity index (χ1) is 7.86. The van der Waals surface area contributed by atoms with Crippen molar-refractivity contribution in [3.8, 4) is 0 Å². The Morgan fingerprint density at radius 3 is 2.06 bits per heavy atom. The Kier molecular flexibility index (Phi) is 2.46. The highest BCUT2D eigenvalue weighted by atomic mass is 16.7. The normalized spacial score (nSPS) is 37.4. The molecule has 3 aliphatic rings. The van der Waals surface area contributed by atoms with Crippen molar-refractivity contribution in [2.24, 2.45) is 5.41 Å². The first-order valence-electron chi connectivity index (χ1n) is 6.93. The number of hydrogen-bond donors (Lipinski definition) is 1. The van der Waals surface area contributed by atoms with Crippen LogP contribution in [-0.4, -0.2) is 31.4 Å². The monoisotopic (exact) mass is 237 g/mol. The van der Waals surface area contributed by atoms with Crippen molar-refractivity contribution < 1.29 is 9.31 Å². The van der Waals surface area contributed by atoms with Gasteiger partial charge in [-0.15, -0.1) is 0 Å². The van der Waals surface area contributed by atoms with Gasteiger partial charge in [0.15, 0.2) is 0 Å². The molecule has 2 saturated heterocycles. The third-order valence-electron chi connectivity index (χ3n) is 5.45. The van der Waals surface area contributed by atoms with E-state index in [4.69, 9.17) is 9.31 Å². The average molecular weight is 237 g/mol. The number of piperidine rings is 1. The molecule has 2 aliphatic heterocycles. The minimum atomic E-state index is -0.172. The Balaban J connectivity index is 1.69. The first-order valence-corrected chi connectivity index (χ1v) is 6.93. The Labute approximate surface area is 105 Å². The highest BCUT2D eigenvalue weighted by Gasteiger charge is 2.66. The standard InChI is InChI=1S/C13H24BNO2/c1-11(2)12(3,4)17-14(16-11)10-9-13(10)5-7-15-8-6-13/h10,15H,5-9H2,1-4H3. The molecule has 1 atom stereocenters. The molecule has 1 spiro atoms. The quantitative estimate of drug-likeness (QED) is 0.709. The summed E-state index contributed by atoms with van der Waals surface area (Å²) in [6.45, 7) is 10.9. The first kappa shape index (κ1) is 12.0. The van der Waals surface area contributed by atoms with Gasteiger partial charge in [0.25, 0.3) is 0 Å². The smallest absolute Gasteiger partial charge is 0.403 e. The van der Waals surface area contributed by atoms with Gasteiger partial charge in [-0.2, -0.15) is 0 Å². The molecule has 1 unspecified atom stereocenters. The van der Waals surface area contributed by atoms with Crippen molar-refractivity contribution in [3.05, 3.63) is 0 Å². The largest absolute Gasteiger partial charge is 0.461 e. The second-order valence-corrected chi connectivity index (χ2v) is 7.05. The molecule has 0 amide bonds. The van der Waals surface area contributed by atoms with Gasteiger partial charge in [0.1, 0.15) is 0 Å². The third kappa shape index (κ3) is 1.76. The van der Waals surface area contributed by atoms with E-state index in [2.05, 4.69) is 33.0 Å². The lowest BCUT2D eigenvalue weighted by atomic mass is 9.74. The van der Waals surface area contributed by atoms with Gasteiger partial charge < -0.3 is 14.6 Å². The van der Waals surface area contributed by atoms with Crippen LogP contribution in [0.3, 0.4) is 0 Å². The molecule has 1 N–H and O–H groups in total. The lowest BCUT2D eigenvalue weighted by Crippen LogP contribution is -2.41. The van der Waals surface area contributed by atoms with Crippen molar-refractivity contribution in [1.82, 2.24) is 5.32 Å². The molecular weight excluding hydrogens is 213 g/mol. The molecule has 3 rings (SSSR count). The minimum Gasteiger partial charge on any atom is -0.403 e. The van der Waals surface area contributed by atoms with Crippen molar-refractivity contribution in [1.29, 1.82) is 0 Å². The zero-order valence-corrected chi connectivity index (χ0v) is 11.5. The van der Waals surface area contributed by atoms with Gasteiger partial charge in [-0.3, -0.25) is 0 Å². The van der Waals surface area contributed by atoms with Gasteiger partial charge in [-0.1, -0.05) is 0 Å². The lowest BCUT2D eigenvalue weighted by Gasteiger charge is -2.32. The van der Waals surface area contributed by atoms with Crippen LogP contribution in [0.5, 0.6) is 0 Å². The lowest BCUT2D eigenvalue weighted by molar-refractivity contribution is 0.00578. The Morgan fingerprint density at radius 1 is 1.00 bits per heavy atom. The van der Waals surface area contributed by atoms with Crippen LogP contribution in [0.1, 0.15) is 47.0 Å². The molecule has 17 heavy (non-hydrogen) atoms. The van der Waals surface area contributed by atoms with Gasteiger partial charge in [0.2, 0.25) is 0 Å². The number of rotatable bonds is 1. The maximum absolute atomic E-state index is 6.17. The highest BCUT2D eigenvalue weighted by Crippen LogP contribution is 2.66. The Hall–Kier alpha value is -0.0551. The predicted octanol–water partition coefficient (Wildman–Crippen LogP) is 2.22. The fourth-order valence-electron chi connectivity index (χ4n) is 3.32. The summed E-state index contributed by atoms with van der Waals surface area (Å²) in [7, 11) is 0.0260. The van der Waals surface area contributed by atoms with E-state index in [0.29, 0.717) is 11.2 Å². The fourth-order valence-corrected chi connectivity index (χ4v) is 3.32. The van der Waals surface area contributed by atoms with Crippen LogP contribution in [0.25, 0.3) is 0 Å². The summed E-state index contributed by atoms with van der Waals surface area (Å²) in [5.74, 6) is 0.630. The van der Waals surface area contributed by atoms with Crippen LogP contribution < -0.4 is 5.32 Å². The molecule has 0 aromatic carbocycles. The topological polar surface area (TPSA) is 30.5 Å². The van der Waals surface area contributed by atoms with E-state index >= 15 is 0 Å². The van der Waals surface area contributed by atoms with Gasteiger partial charge in [-0.25, -0.2) is 0 Å². The van der Waals surface area contributed by atoms with Crippen molar-refractivity contribution in [3.63, 3.8) is 0 Å². The molecule has 96 valence electrons. The SMILES string of the molecule is CC1(C)OB(C2CC23CCNCC3)OC1(C)C. The molecule has 4 heteroatoms. The van der Waals surface area contributed by atoms with E-state index in [1.54, 1.807) is 0 Å². The molecule has 1 aliphatic carbocycles. The van der Waals surface area contributed by atoms with E-state index in [9.17, 15) is 0 Å². The van der Waals surface area contributed by atoms with Gasteiger partial charge in [0.05, 0.1) is 11.2 Å². The molecule has 2 heterocycles. The maximum Gasteiger partial charge on any atom is 0.461 e. The van der Waals surface area contributed by atoms with Crippen molar-refractivity contribution in [2.45, 2.75) is 64.0 Å². The Bertz CT molecular complexity index is 307. The van der Waals surface area contributed by atoms with Crippen LogP contribution in [0.2, 0.25) is 5.82 Å². The van der Waals surface area contributed by atoms with E-state index in [-0.39, 0.29) is 18.3 Å².